The van der Waals surface area contributed by atoms with Gasteiger partial charge in [-0.05, 0) is 44.2 Å². The van der Waals surface area contributed by atoms with E-state index >= 15 is 0 Å². The van der Waals surface area contributed by atoms with Gasteiger partial charge >= 0.3 is 0 Å². The summed E-state index contributed by atoms with van der Waals surface area (Å²) >= 11 is 0. The fraction of sp³-hybridized carbons (Fsp3) is 0.647. The van der Waals surface area contributed by atoms with E-state index in [1.807, 2.05) is 17.0 Å². The molecule has 1 saturated carbocycles. The molecular weight excluding hydrogens is 262 g/mol. The minimum absolute atomic E-state index is 0.0729. The smallest absolute Gasteiger partial charge is 0.272 e. The highest BCUT2D eigenvalue weighted by Crippen LogP contribution is 2.40. The van der Waals surface area contributed by atoms with Gasteiger partial charge in [0.15, 0.2) is 0 Å². The normalized spacial score (nSPS) is 21.3. The molecule has 4 nitrogen and oxygen atoms in total. The van der Waals surface area contributed by atoms with Crippen LogP contribution in [0.2, 0.25) is 0 Å². The zero-order valence-electron chi connectivity index (χ0n) is 12.8. The quantitative estimate of drug-likeness (QED) is 0.905. The lowest BCUT2D eigenvalue weighted by molar-refractivity contribution is 0.0694. The molecule has 21 heavy (non-hydrogen) atoms. The van der Waals surface area contributed by atoms with Crippen LogP contribution in [0.4, 0.5) is 0 Å². The minimum Gasteiger partial charge on any atom is -0.337 e. The molecule has 1 N–H and O–H groups in total. The molecule has 1 aromatic rings. The number of aromatic nitrogens is 1. The van der Waals surface area contributed by atoms with E-state index in [9.17, 15) is 4.79 Å². The first kappa shape index (κ1) is 14.5. The Labute approximate surface area is 126 Å². The fourth-order valence-corrected chi connectivity index (χ4v) is 3.41. The molecule has 114 valence electrons. The van der Waals surface area contributed by atoms with E-state index < -0.39 is 0 Å². The Balaban J connectivity index is 1.50. The molecule has 0 spiro atoms. The molecule has 1 aromatic heterocycles. The molecule has 0 radical (unpaired) electrons. The van der Waals surface area contributed by atoms with Crippen LogP contribution in [-0.4, -0.2) is 40.5 Å². The van der Waals surface area contributed by atoms with Gasteiger partial charge in [0, 0.05) is 30.9 Å². The zero-order chi connectivity index (χ0) is 14.7. The lowest BCUT2D eigenvalue weighted by atomic mass is 10.0. The number of nitrogens with zero attached hydrogens (tertiary/aromatic N) is 2. The molecule has 1 saturated heterocycles. The number of rotatable bonds is 5. The van der Waals surface area contributed by atoms with Crippen LogP contribution in [0.3, 0.4) is 0 Å². The summed E-state index contributed by atoms with van der Waals surface area (Å²) in [5.41, 5.74) is 1.00. The van der Waals surface area contributed by atoms with Crippen LogP contribution in [0.1, 0.15) is 55.9 Å². The van der Waals surface area contributed by atoms with Gasteiger partial charge in [-0.25, -0.2) is 0 Å². The van der Waals surface area contributed by atoms with Gasteiger partial charge in [-0.1, -0.05) is 19.4 Å². The number of hydrogen-bond acceptors (Lipinski definition) is 3. The van der Waals surface area contributed by atoms with Crippen molar-refractivity contribution in [2.45, 2.75) is 57.0 Å². The highest BCUT2D eigenvalue weighted by molar-refractivity contribution is 5.92. The van der Waals surface area contributed by atoms with E-state index in [2.05, 4.69) is 17.2 Å². The predicted molar refractivity (Wildman–Crippen MR) is 83.2 cm³/mol. The summed E-state index contributed by atoms with van der Waals surface area (Å²) < 4.78 is 0. The summed E-state index contributed by atoms with van der Waals surface area (Å²) in [6.07, 6.45) is 9.00. The Morgan fingerprint density at radius 3 is 2.71 bits per heavy atom. The first-order chi connectivity index (χ1) is 10.2. The highest BCUT2D eigenvalue weighted by Gasteiger charge is 2.43. The van der Waals surface area contributed by atoms with Crippen molar-refractivity contribution < 1.29 is 4.79 Å². The summed E-state index contributed by atoms with van der Waals surface area (Å²) in [6.45, 7) is 3.94. The number of amides is 1. The predicted octanol–water partition coefficient (Wildman–Crippen LogP) is 2.61. The molecule has 2 aliphatic rings. The minimum atomic E-state index is 0.0729. The maximum absolute atomic E-state index is 12.3. The number of nitrogens with one attached hydrogen (secondary N) is 1. The van der Waals surface area contributed by atoms with Crippen molar-refractivity contribution in [1.82, 2.24) is 15.2 Å². The summed E-state index contributed by atoms with van der Waals surface area (Å²) in [5, 5.41) is 3.85. The molecule has 4 heteroatoms. The van der Waals surface area contributed by atoms with Gasteiger partial charge < -0.3 is 10.2 Å². The Morgan fingerprint density at radius 2 is 2.14 bits per heavy atom. The number of likely N-dealkylation sites (tertiary alicyclic amines) is 1. The number of carbonyl (C=O) groups is 1. The van der Waals surface area contributed by atoms with E-state index in [1.165, 1.54) is 25.7 Å². The Hall–Kier alpha value is -1.42. The first-order valence-corrected chi connectivity index (χ1v) is 8.20. The Kier molecular flexibility index (Phi) is 4.24. The van der Waals surface area contributed by atoms with Crippen LogP contribution >= 0.6 is 0 Å². The number of pyridine rings is 1. The van der Waals surface area contributed by atoms with Gasteiger partial charge in [-0.3, -0.25) is 9.78 Å². The van der Waals surface area contributed by atoms with Gasteiger partial charge in [-0.2, -0.15) is 0 Å². The average molecular weight is 287 g/mol. The van der Waals surface area contributed by atoms with E-state index in [4.69, 9.17) is 0 Å². The van der Waals surface area contributed by atoms with Crippen molar-refractivity contribution in [1.29, 1.82) is 0 Å². The van der Waals surface area contributed by atoms with E-state index in [0.717, 1.165) is 25.9 Å². The highest BCUT2D eigenvalue weighted by atomic mass is 16.2. The summed E-state index contributed by atoms with van der Waals surface area (Å²) in [4.78, 5) is 18.5. The first-order valence-electron chi connectivity index (χ1n) is 8.20. The SMILES string of the molecule is CCCC1(NC2CCN(C(=O)c3ccccn3)CC2)CC1. The van der Waals surface area contributed by atoms with Crippen molar-refractivity contribution in [3.8, 4) is 0 Å². The second-order valence-electron chi connectivity index (χ2n) is 6.46. The maximum Gasteiger partial charge on any atom is 0.272 e. The number of hydrogen-bond donors (Lipinski definition) is 1. The molecule has 0 aromatic carbocycles. The van der Waals surface area contributed by atoms with E-state index in [-0.39, 0.29) is 5.91 Å². The van der Waals surface area contributed by atoms with Crippen LogP contribution in [0, 0.1) is 0 Å². The average Bonchev–Trinajstić information content (AvgIpc) is 3.28. The number of piperidine rings is 1. The van der Waals surface area contributed by atoms with Crippen LogP contribution in [-0.2, 0) is 0 Å². The summed E-state index contributed by atoms with van der Waals surface area (Å²) in [6, 6.07) is 6.09. The Morgan fingerprint density at radius 1 is 1.38 bits per heavy atom. The van der Waals surface area contributed by atoms with Gasteiger partial charge in [0.05, 0.1) is 0 Å². The zero-order valence-corrected chi connectivity index (χ0v) is 12.8. The topological polar surface area (TPSA) is 45.2 Å². The van der Waals surface area contributed by atoms with Gasteiger partial charge in [0.1, 0.15) is 5.69 Å². The Bertz CT molecular complexity index is 476. The van der Waals surface area contributed by atoms with Crippen molar-refractivity contribution in [2.24, 2.45) is 0 Å². The van der Waals surface area contributed by atoms with Gasteiger partial charge in [0.25, 0.3) is 5.91 Å². The van der Waals surface area contributed by atoms with Crippen molar-refractivity contribution in [3.05, 3.63) is 30.1 Å². The van der Waals surface area contributed by atoms with Crippen LogP contribution in [0.15, 0.2) is 24.4 Å². The van der Waals surface area contributed by atoms with Crippen molar-refractivity contribution in [2.75, 3.05) is 13.1 Å². The van der Waals surface area contributed by atoms with Crippen molar-refractivity contribution in [3.63, 3.8) is 0 Å². The summed E-state index contributed by atoms with van der Waals surface area (Å²) in [7, 11) is 0. The van der Waals surface area contributed by atoms with Crippen LogP contribution < -0.4 is 5.32 Å². The third kappa shape index (κ3) is 3.43. The summed E-state index contributed by atoms with van der Waals surface area (Å²) in [5.74, 6) is 0.0729. The monoisotopic (exact) mass is 287 g/mol. The maximum atomic E-state index is 12.3. The van der Waals surface area contributed by atoms with E-state index in [0.29, 0.717) is 17.3 Å². The lowest BCUT2D eigenvalue weighted by Crippen LogP contribution is -2.48. The number of carbonyl (C=O) groups excluding carboxylic acids is 1. The molecule has 0 unspecified atom stereocenters. The molecule has 0 bridgehead atoms. The second-order valence-corrected chi connectivity index (χ2v) is 6.46. The molecule has 1 aliphatic carbocycles. The standard InChI is InChI=1S/C17H25N3O/c1-2-8-17(9-10-17)19-14-6-12-20(13-7-14)16(21)15-5-3-4-11-18-15/h3-5,11,14,19H,2,6-10,12-13H2,1H3. The largest absolute Gasteiger partial charge is 0.337 e. The van der Waals surface area contributed by atoms with Crippen molar-refractivity contribution >= 4 is 5.91 Å². The fourth-order valence-electron chi connectivity index (χ4n) is 3.41. The molecule has 2 heterocycles. The molecule has 1 aliphatic heterocycles. The van der Waals surface area contributed by atoms with Crippen LogP contribution in [0.25, 0.3) is 0 Å². The molecule has 0 atom stereocenters. The van der Waals surface area contributed by atoms with E-state index in [1.54, 1.807) is 12.3 Å². The third-order valence-corrected chi connectivity index (χ3v) is 4.76. The van der Waals surface area contributed by atoms with Gasteiger partial charge in [0.2, 0.25) is 0 Å². The lowest BCUT2D eigenvalue weighted by Gasteiger charge is -2.34. The molecule has 3 rings (SSSR count). The molecule has 2 fully saturated rings. The molecule has 1 amide bonds. The van der Waals surface area contributed by atoms with Gasteiger partial charge in [-0.15, -0.1) is 0 Å². The van der Waals surface area contributed by atoms with Crippen LogP contribution in [0.5, 0.6) is 0 Å². The third-order valence-electron chi connectivity index (χ3n) is 4.76. The molecular formula is C17H25N3O. The second kappa shape index (κ2) is 6.14.